The molecule has 0 fully saturated rings. The predicted molar refractivity (Wildman–Crippen MR) is 133 cm³/mol. The third-order valence-electron chi connectivity index (χ3n) is 5.63. The maximum Gasteiger partial charge on any atom is 0.233 e. The molecular weight excluding hydrogens is 468 g/mol. The first-order valence-corrected chi connectivity index (χ1v) is 12.7. The molecular formula is C25H24N4O3S2. The number of amides is 1. The number of carbonyl (C=O) groups is 1. The van der Waals surface area contributed by atoms with Crippen LogP contribution in [0.4, 0.5) is 0 Å². The summed E-state index contributed by atoms with van der Waals surface area (Å²) in [4.78, 5) is 15.8. The van der Waals surface area contributed by atoms with E-state index in [4.69, 9.17) is 9.47 Å². The first kappa shape index (κ1) is 22.5. The molecule has 0 radical (unpaired) electrons. The van der Waals surface area contributed by atoms with Gasteiger partial charge in [0.25, 0.3) is 0 Å². The minimum absolute atomic E-state index is 0.0525. The molecule has 7 nitrogen and oxygen atoms in total. The van der Waals surface area contributed by atoms with Crippen molar-refractivity contribution in [2.24, 2.45) is 0 Å². The summed E-state index contributed by atoms with van der Waals surface area (Å²) in [6.07, 6.45) is 0. The fraction of sp³-hybridized carbons (Fsp3) is 0.240. The third-order valence-corrected chi connectivity index (χ3v) is 7.59. The first-order valence-electron chi connectivity index (χ1n) is 10.9. The van der Waals surface area contributed by atoms with Crippen LogP contribution in [0.1, 0.15) is 16.0 Å². The van der Waals surface area contributed by atoms with E-state index in [0.717, 1.165) is 28.5 Å². The molecule has 0 spiro atoms. The van der Waals surface area contributed by atoms with Crippen LogP contribution < -0.4 is 9.47 Å². The Kier molecular flexibility index (Phi) is 6.55. The lowest BCUT2D eigenvalue weighted by Gasteiger charge is -2.17. The third kappa shape index (κ3) is 4.80. The molecule has 0 saturated carbocycles. The summed E-state index contributed by atoms with van der Waals surface area (Å²) in [6, 6.07) is 17.9. The number of thioether (sulfide) groups is 1. The number of hydrogen-bond donors (Lipinski definition) is 0. The van der Waals surface area contributed by atoms with Crippen molar-refractivity contribution >= 4 is 29.0 Å². The molecule has 1 amide bonds. The van der Waals surface area contributed by atoms with Crippen molar-refractivity contribution in [3.8, 4) is 22.9 Å². The number of ether oxygens (including phenoxy) is 2. The van der Waals surface area contributed by atoms with E-state index in [-0.39, 0.29) is 18.5 Å². The highest BCUT2D eigenvalue weighted by molar-refractivity contribution is 7.99. The van der Waals surface area contributed by atoms with Gasteiger partial charge in [-0.25, -0.2) is 0 Å². The standard InChI is InChI=1S/C25H24N4O3S2/c1-17-10-11-33-22(17)14-28(2)23(30)15-34-25-27-26-24(19-6-4-3-5-7-19)29(25)13-18-8-9-20-21(12-18)32-16-31-20/h3-12H,13-16H2,1-2H3. The van der Waals surface area contributed by atoms with Gasteiger partial charge in [0.05, 0.1) is 18.8 Å². The smallest absolute Gasteiger partial charge is 0.233 e. The SMILES string of the molecule is Cc1ccsc1CN(C)C(=O)CSc1nnc(-c2ccccc2)n1Cc1ccc2c(c1)OCO2. The Labute approximate surface area is 206 Å². The lowest BCUT2D eigenvalue weighted by atomic mass is 10.2. The number of aryl methyl sites for hydroxylation is 1. The highest BCUT2D eigenvalue weighted by Crippen LogP contribution is 2.34. The quantitative estimate of drug-likeness (QED) is 0.328. The highest BCUT2D eigenvalue weighted by Gasteiger charge is 2.19. The van der Waals surface area contributed by atoms with Gasteiger partial charge in [-0.2, -0.15) is 0 Å². The van der Waals surface area contributed by atoms with Crippen molar-refractivity contribution in [1.82, 2.24) is 19.7 Å². The number of benzene rings is 2. The molecule has 3 heterocycles. The van der Waals surface area contributed by atoms with Gasteiger partial charge >= 0.3 is 0 Å². The molecule has 0 aliphatic carbocycles. The van der Waals surface area contributed by atoms with Crippen LogP contribution in [0.25, 0.3) is 11.4 Å². The second-order valence-electron chi connectivity index (χ2n) is 8.01. The van der Waals surface area contributed by atoms with Crippen LogP contribution in [0.2, 0.25) is 0 Å². The number of carbonyl (C=O) groups excluding carboxylic acids is 1. The van der Waals surface area contributed by atoms with Crippen molar-refractivity contribution in [1.29, 1.82) is 0 Å². The lowest BCUT2D eigenvalue weighted by molar-refractivity contribution is -0.127. The Morgan fingerprint density at radius 1 is 1.12 bits per heavy atom. The second-order valence-corrected chi connectivity index (χ2v) is 9.95. The van der Waals surface area contributed by atoms with Crippen LogP contribution in [0.5, 0.6) is 11.5 Å². The molecule has 174 valence electrons. The summed E-state index contributed by atoms with van der Waals surface area (Å²) in [5.74, 6) is 2.59. The van der Waals surface area contributed by atoms with E-state index in [1.165, 1.54) is 22.2 Å². The fourth-order valence-corrected chi connectivity index (χ4v) is 5.50. The van der Waals surface area contributed by atoms with E-state index < -0.39 is 0 Å². The number of hydrogen-bond acceptors (Lipinski definition) is 7. The van der Waals surface area contributed by atoms with Crippen molar-refractivity contribution < 1.29 is 14.3 Å². The van der Waals surface area contributed by atoms with Gasteiger partial charge in [-0.3, -0.25) is 9.36 Å². The van der Waals surface area contributed by atoms with Crippen molar-refractivity contribution in [2.75, 3.05) is 19.6 Å². The van der Waals surface area contributed by atoms with E-state index in [1.807, 2.05) is 60.1 Å². The number of fused-ring (bicyclic) bond motifs is 1. The predicted octanol–water partition coefficient (Wildman–Crippen LogP) is 4.84. The van der Waals surface area contributed by atoms with Gasteiger partial charge in [0, 0.05) is 17.5 Å². The Hall–Kier alpha value is -3.30. The molecule has 34 heavy (non-hydrogen) atoms. The molecule has 0 bridgehead atoms. The van der Waals surface area contributed by atoms with Crippen LogP contribution in [0.3, 0.4) is 0 Å². The summed E-state index contributed by atoms with van der Waals surface area (Å²) in [5.41, 5.74) is 3.23. The minimum Gasteiger partial charge on any atom is -0.454 e. The molecule has 9 heteroatoms. The first-order chi connectivity index (χ1) is 16.6. The second kappa shape index (κ2) is 9.90. The van der Waals surface area contributed by atoms with Crippen molar-refractivity contribution in [2.45, 2.75) is 25.2 Å². The van der Waals surface area contributed by atoms with E-state index in [0.29, 0.717) is 18.2 Å². The Bertz CT molecular complexity index is 1300. The lowest BCUT2D eigenvalue weighted by Crippen LogP contribution is -2.27. The summed E-state index contributed by atoms with van der Waals surface area (Å²) >= 11 is 3.08. The minimum atomic E-state index is 0.0525. The summed E-state index contributed by atoms with van der Waals surface area (Å²) < 4.78 is 13.0. The molecule has 0 atom stereocenters. The zero-order valence-electron chi connectivity index (χ0n) is 18.9. The van der Waals surface area contributed by atoms with E-state index >= 15 is 0 Å². The average Bonchev–Trinajstić information content (AvgIpc) is 3.58. The molecule has 0 N–H and O–H groups in total. The van der Waals surface area contributed by atoms with Gasteiger partial charge in [0.15, 0.2) is 22.5 Å². The molecule has 0 unspecified atom stereocenters. The van der Waals surface area contributed by atoms with Crippen LogP contribution in [-0.2, 0) is 17.9 Å². The van der Waals surface area contributed by atoms with E-state index in [9.17, 15) is 4.79 Å². The van der Waals surface area contributed by atoms with Crippen molar-refractivity contribution in [3.63, 3.8) is 0 Å². The summed E-state index contributed by atoms with van der Waals surface area (Å²) in [5, 5.41) is 11.7. The van der Waals surface area contributed by atoms with E-state index in [1.54, 1.807) is 16.2 Å². The largest absolute Gasteiger partial charge is 0.454 e. The van der Waals surface area contributed by atoms with Crippen molar-refractivity contribution in [3.05, 3.63) is 76.0 Å². The maximum absolute atomic E-state index is 12.9. The normalized spacial score (nSPS) is 12.2. The van der Waals surface area contributed by atoms with Gasteiger partial charge in [0.2, 0.25) is 12.7 Å². The number of nitrogens with zero attached hydrogens (tertiary/aromatic N) is 4. The number of rotatable bonds is 8. The number of aromatic nitrogens is 3. The van der Waals surface area contributed by atoms with Gasteiger partial charge in [-0.1, -0.05) is 48.2 Å². The van der Waals surface area contributed by atoms with Crippen LogP contribution in [0.15, 0.2) is 65.1 Å². The molecule has 1 aliphatic heterocycles. The van der Waals surface area contributed by atoms with Gasteiger partial charge in [-0.05, 0) is 41.6 Å². The Morgan fingerprint density at radius 3 is 2.74 bits per heavy atom. The fourth-order valence-electron chi connectivity index (χ4n) is 3.67. The monoisotopic (exact) mass is 492 g/mol. The summed E-state index contributed by atoms with van der Waals surface area (Å²) in [6.45, 7) is 3.47. The maximum atomic E-state index is 12.9. The molecule has 4 aromatic rings. The number of thiophene rings is 1. The summed E-state index contributed by atoms with van der Waals surface area (Å²) in [7, 11) is 1.84. The van der Waals surface area contributed by atoms with Gasteiger partial charge in [-0.15, -0.1) is 21.5 Å². The zero-order valence-corrected chi connectivity index (χ0v) is 20.6. The molecule has 0 saturated heterocycles. The van der Waals surface area contributed by atoms with Crippen LogP contribution in [-0.4, -0.2) is 45.2 Å². The zero-order chi connectivity index (χ0) is 23.5. The van der Waals surface area contributed by atoms with Crippen LogP contribution >= 0.6 is 23.1 Å². The highest BCUT2D eigenvalue weighted by atomic mass is 32.2. The topological polar surface area (TPSA) is 69.5 Å². The molecule has 2 aromatic carbocycles. The average molecular weight is 493 g/mol. The van der Waals surface area contributed by atoms with Gasteiger partial charge in [0.1, 0.15) is 0 Å². The molecule has 2 aromatic heterocycles. The molecule has 5 rings (SSSR count). The Morgan fingerprint density at radius 2 is 1.94 bits per heavy atom. The Balaban J connectivity index is 1.36. The molecule has 1 aliphatic rings. The van der Waals surface area contributed by atoms with Gasteiger partial charge < -0.3 is 14.4 Å². The van der Waals surface area contributed by atoms with E-state index in [2.05, 4.69) is 28.6 Å². The van der Waals surface area contributed by atoms with Crippen LogP contribution in [0, 0.1) is 6.92 Å².